The van der Waals surface area contributed by atoms with Crippen molar-refractivity contribution >= 4 is 0 Å². The maximum absolute atomic E-state index is 13.4. The lowest BCUT2D eigenvalue weighted by atomic mass is 10.00. The van der Waals surface area contributed by atoms with Crippen LogP contribution in [0.3, 0.4) is 0 Å². The number of hydrogen-bond donors (Lipinski definition) is 2. The van der Waals surface area contributed by atoms with Crippen molar-refractivity contribution in [3.05, 3.63) is 47.5 Å². The molecule has 0 aromatic heterocycles. The third kappa shape index (κ3) is 2.84. The van der Waals surface area contributed by atoms with Crippen LogP contribution in [0.4, 0.5) is 8.78 Å². The molecule has 1 aromatic carbocycles. The molecule has 1 rings (SSSR count). The van der Waals surface area contributed by atoms with Gasteiger partial charge in [-0.15, -0.1) is 6.58 Å². The molecule has 82 valence electrons. The van der Waals surface area contributed by atoms with Crippen LogP contribution in [0.25, 0.3) is 0 Å². The average molecular weight is 212 g/mol. The van der Waals surface area contributed by atoms with Crippen LogP contribution in [0.5, 0.6) is 0 Å². The Hall–Kier alpha value is -1.26. The smallest absolute Gasteiger partial charge is 0.130 e. The van der Waals surface area contributed by atoms with Crippen molar-refractivity contribution in [2.24, 2.45) is 5.84 Å². The van der Waals surface area contributed by atoms with Crippen molar-refractivity contribution in [1.29, 1.82) is 0 Å². The highest BCUT2D eigenvalue weighted by Crippen LogP contribution is 2.24. The Kier molecular flexibility index (Phi) is 3.94. The van der Waals surface area contributed by atoms with E-state index in [-0.39, 0.29) is 5.56 Å². The number of benzene rings is 1. The molecule has 0 spiro atoms. The Morgan fingerprint density at radius 1 is 1.47 bits per heavy atom. The van der Waals surface area contributed by atoms with Crippen LogP contribution in [0.2, 0.25) is 0 Å². The summed E-state index contributed by atoms with van der Waals surface area (Å²) < 4.78 is 26.7. The summed E-state index contributed by atoms with van der Waals surface area (Å²) in [5.74, 6) is 4.07. The monoisotopic (exact) mass is 212 g/mol. The molecule has 1 atom stereocenters. The summed E-state index contributed by atoms with van der Waals surface area (Å²) in [5.41, 5.74) is 3.16. The highest BCUT2D eigenvalue weighted by Gasteiger charge is 2.18. The predicted molar refractivity (Wildman–Crippen MR) is 55.9 cm³/mol. The summed E-state index contributed by atoms with van der Waals surface area (Å²) in [6, 6.07) is 3.16. The maximum atomic E-state index is 13.4. The van der Waals surface area contributed by atoms with Crippen molar-refractivity contribution in [1.82, 2.24) is 5.43 Å². The molecule has 0 amide bonds. The zero-order valence-corrected chi connectivity index (χ0v) is 8.56. The number of nitrogens with two attached hydrogens (primary N) is 1. The van der Waals surface area contributed by atoms with Gasteiger partial charge in [-0.3, -0.25) is 11.3 Å². The lowest BCUT2D eigenvalue weighted by molar-refractivity contribution is 0.472. The molecule has 0 saturated heterocycles. The van der Waals surface area contributed by atoms with E-state index in [0.717, 1.165) is 5.57 Å². The van der Waals surface area contributed by atoms with Crippen LogP contribution >= 0.6 is 0 Å². The van der Waals surface area contributed by atoms with Crippen molar-refractivity contribution in [2.45, 2.75) is 19.4 Å². The maximum Gasteiger partial charge on any atom is 0.130 e. The summed E-state index contributed by atoms with van der Waals surface area (Å²) in [5, 5.41) is 0. The number of hydrazine groups is 1. The van der Waals surface area contributed by atoms with E-state index in [1.807, 2.05) is 0 Å². The number of nitrogens with one attached hydrogen (secondary N) is 1. The Balaban J connectivity index is 3.05. The zero-order chi connectivity index (χ0) is 11.4. The molecule has 1 aromatic rings. The molecule has 0 aliphatic rings. The van der Waals surface area contributed by atoms with Gasteiger partial charge in [0.1, 0.15) is 11.6 Å². The van der Waals surface area contributed by atoms with Gasteiger partial charge in [0.2, 0.25) is 0 Å². The molecule has 3 N–H and O–H groups in total. The van der Waals surface area contributed by atoms with Gasteiger partial charge < -0.3 is 0 Å². The van der Waals surface area contributed by atoms with Gasteiger partial charge in [0.05, 0.1) is 6.04 Å². The summed E-state index contributed by atoms with van der Waals surface area (Å²) in [6.45, 7) is 5.47. The van der Waals surface area contributed by atoms with E-state index in [9.17, 15) is 8.78 Å². The summed E-state index contributed by atoms with van der Waals surface area (Å²) in [4.78, 5) is 0. The first-order valence-corrected chi connectivity index (χ1v) is 4.60. The standard InChI is InChI=1S/C11H14F2N2/c1-7(2)6-10(15-14)11-8(12)4-3-5-9(11)13/h3-5,10,15H,1,6,14H2,2H3. The van der Waals surface area contributed by atoms with E-state index < -0.39 is 17.7 Å². The second-order valence-electron chi connectivity index (χ2n) is 3.52. The van der Waals surface area contributed by atoms with Crippen LogP contribution in [0, 0.1) is 11.6 Å². The topological polar surface area (TPSA) is 38.0 Å². The minimum Gasteiger partial charge on any atom is -0.271 e. The fraction of sp³-hybridized carbons (Fsp3) is 0.273. The largest absolute Gasteiger partial charge is 0.271 e. The first-order chi connectivity index (χ1) is 7.06. The molecule has 2 nitrogen and oxygen atoms in total. The van der Waals surface area contributed by atoms with Gasteiger partial charge in [-0.25, -0.2) is 8.78 Å². The highest BCUT2D eigenvalue weighted by molar-refractivity contribution is 5.24. The summed E-state index contributed by atoms with van der Waals surface area (Å²) in [6.07, 6.45) is 0.397. The second-order valence-corrected chi connectivity index (χ2v) is 3.52. The third-order valence-corrected chi connectivity index (χ3v) is 2.10. The molecule has 0 saturated carbocycles. The van der Waals surface area contributed by atoms with Crippen molar-refractivity contribution in [3.63, 3.8) is 0 Å². The molecule has 0 fully saturated rings. The molecular formula is C11H14F2N2. The first-order valence-electron chi connectivity index (χ1n) is 4.60. The third-order valence-electron chi connectivity index (χ3n) is 2.10. The molecule has 15 heavy (non-hydrogen) atoms. The Labute approximate surface area is 87.8 Å². The summed E-state index contributed by atoms with van der Waals surface area (Å²) in [7, 11) is 0. The summed E-state index contributed by atoms with van der Waals surface area (Å²) >= 11 is 0. The van der Waals surface area contributed by atoms with Crippen LogP contribution in [-0.2, 0) is 0 Å². The lowest BCUT2D eigenvalue weighted by Gasteiger charge is -2.17. The van der Waals surface area contributed by atoms with E-state index in [1.54, 1.807) is 6.92 Å². The minimum absolute atomic E-state index is 0.0389. The van der Waals surface area contributed by atoms with Crippen molar-refractivity contribution in [3.8, 4) is 0 Å². The molecule has 0 heterocycles. The first kappa shape index (κ1) is 11.8. The second kappa shape index (κ2) is 5.00. The van der Waals surface area contributed by atoms with Gasteiger partial charge in [0.15, 0.2) is 0 Å². The molecule has 4 heteroatoms. The fourth-order valence-electron chi connectivity index (χ4n) is 1.44. The van der Waals surface area contributed by atoms with Crippen molar-refractivity contribution in [2.75, 3.05) is 0 Å². The molecule has 0 bridgehead atoms. The van der Waals surface area contributed by atoms with E-state index in [2.05, 4.69) is 12.0 Å². The minimum atomic E-state index is -0.598. The Morgan fingerprint density at radius 3 is 2.40 bits per heavy atom. The SMILES string of the molecule is C=C(C)CC(NN)c1c(F)cccc1F. The van der Waals surface area contributed by atoms with Gasteiger partial charge in [-0.1, -0.05) is 11.6 Å². The highest BCUT2D eigenvalue weighted by atomic mass is 19.1. The van der Waals surface area contributed by atoms with Crippen LogP contribution in [-0.4, -0.2) is 0 Å². The van der Waals surface area contributed by atoms with Gasteiger partial charge in [-0.05, 0) is 25.5 Å². The predicted octanol–water partition coefficient (Wildman–Crippen LogP) is 2.44. The lowest BCUT2D eigenvalue weighted by Crippen LogP contribution is -2.29. The van der Waals surface area contributed by atoms with Crippen LogP contribution < -0.4 is 11.3 Å². The normalized spacial score (nSPS) is 12.5. The van der Waals surface area contributed by atoms with E-state index in [0.29, 0.717) is 6.42 Å². The number of rotatable bonds is 4. The van der Waals surface area contributed by atoms with Gasteiger partial charge in [0.25, 0.3) is 0 Å². The molecule has 0 radical (unpaired) electrons. The van der Waals surface area contributed by atoms with E-state index >= 15 is 0 Å². The van der Waals surface area contributed by atoms with Crippen LogP contribution in [0.15, 0.2) is 30.4 Å². The number of halogens is 2. The molecule has 0 aliphatic carbocycles. The van der Waals surface area contributed by atoms with Crippen molar-refractivity contribution < 1.29 is 8.78 Å². The fourth-order valence-corrected chi connectivity index (χ4v) is 1.44. The quantitative estimate of drug-likeness (QED) is 0.457. The molecule has 0 aliphatic heterocycles. The van der Waals surface area contributed by atoms with Crippen LogP contribution in [0.1, 0.15) is 24.9 Å². The van der Waals surface area contributed by atoms with Gasteiger partial charge >= 0.3 is 0 Å². The molecule has 1 unspecified atom stereocenters. The van der Waals surface area contributed by atoms with E-state index in [4.69, 9.17) is 5.84 Å². The number of hydrogen-bond acceptors (Lipinski definition) is 2. The van der Waals surface area contributed by atoms with Gasteiger partial charge in [-0.2, -0.15) is 0 Å². The molecular weight excluding hydrogens is 198 g/mol. The Bertz CT molecular complexity index is 343. The van der Waals surface area contributed by atoms with Gasteiger partial charge in [0, 0.05) is 5.56 Å². The average Bonchev–Trinajstić information content (AvgIpc) is 2.15. The zero-order valence-electron chi connectivity index (χ0n) is 8.56. The van der Waals surface area contributed by atoms with E-state index in [1.165, 1.54) is 18.2 Å². The Morgan fingerprint density at radius 2 is 2.00 bits per heavy atom.